The highest BCUT2D eigenvalue weighted by Crippen LogP contribution is 2.31. The van der Waals surface area contributed by atoms with Crippen LogP contribution in [-0.2, 0) is 0 Å². The molecule has 3 nitrogen and oxygen atoms in total. The second kappa shape index (κ2) is 6.17. The normalized spacial score (nSPS) is 12.7. The average Bonchev–Trinajstić information content (AvgIpc) is 2.89. The largest absolute Gasteiger partial charge is 0.494 e. The van der Waals surface area contributed by atoms with E-state index in [2.05, 4.69) is 24.2 Å². The molecule has 0 bridgehead atoms. The van der Waals surface area contributed by atoms with E-state index in [0.29, 0.717) is 12.5 Å². The van der Waals surface area contributed by atoms with Crippen LogP contribution in [0.4, 0.5) is 0 Å². The molecule has 2 aromatic rings. The quantitative estimate of drug-likeness (QED) is 0.905. The maximum Gasteiger partial charge on any atom is 0.124 e. The van der Waals surface area contributed by atoms with Gasteiger partial charge in [0.15, 0.2) is 0 Å². The standard InChI is InChI=1S/C15H20N2OS/c1-4-18-13-8-6-5-7-11(13)14(16)15-17-12(9-19-15)10(2)3/h5-10,14H,4,16H2,1-3H3. The number of aromatic nitrogens is 1. The Bertz CT molecular complexity index is 536. The summed E-state index contributed by atoms with van der Waals surface area (Å²) in [7, 11) is 0. The van der Waals surface area contributed by atoms with Crippen LogP contribution in [0.25, 0.3) is 0 Å². The van der Waals surface area contributed by atoms with Crippen molar-refractivity contribution in [2.45, 2.75) is 32.7 Å². The zero-order valence-electron chi connectivity index (χ0n) is 11.6. The smallest absolute Gasteiger partial charge is 0.124 e. The lowest BCUT2D eigenvalue weighted by Crippen LogP contribution is -2.13. The van der Waals surface area contributed by atoms with E-state index in [1.54, 1.807) is 11.3 Å². The van der Waals surface area contributed by atoms with Crippen molar-refractivity contribution in [3.05, 3.63) is 45.9 Å². The van der Waals surface area contributed by atoms with Gasteiger partial charge < -0.3 is 10.5 Å². The lowest BCUT2D eigenvalue weighted by Gasteiger charge is -2.14. The van der Waals surface area contributed by atoms with E-state index in [9.17, 15) is 0 Å². The van der Waals surface area contributed by atoms with E-state index in [-0.39, 0.29) is 6.04 Å². The molecule has 0 saturated heterocycles. The second-order valence-corrected chi connectivity index (χ2v) is 5.60. The van der Waals surface area contributed by atoms with Crippen LogP contribution in [0.5, 0.6) is 5.75 Å². The molecule has 1 aromatic carbocycles. The molecule has 0 amide bonds. The second-order valence-electron chi connectivity index (χ2n) is 4.71. The van der Waals surface area contributed by atoms with Crippen molar-refractivity contribution >= 4 is 11.3 Å². The molecular weight excluding hydrogens is 256 g/mol. The molecule has 0 fully saturated rings. The van der Waals surface area contributed by atoms with Crippen LogP contribution in [0.15, 0.2) is 29.6 Å². The fourth-order valence-corrected chi connectivity index (χ4v) is 2.86. The molecule has 2 rings (SSSR count). The minimum Gasteiger partial charge on any atom is -0.494 e. The van der Waals surface area contributed by atoms with Crippen molar-refractivity contribution in [2.75, 3.05) is 6.61 Å². The first-order valence-electron chi connectivity index (χ1n) is 6.56. The van der Waals surface area contributed by atoms with Gasteiger partial charge in [0.05, 0.1) is 18.3 Å². The Morgan fingerprint density at radius 1 is 1.32 bits per heavy atom. The van der Waals surface area contributed by atoms with Crippen molar-refractivity contribution in [1.29, 1.82) is 0 Å². The Labute approximate surface area is 118 Å². The minimum absolute atomic E-state index is 0.222. The van der Waals surface area contributed by atoms with Gasteiger partial charge in [0.25, 0.3) is 0 Å². The maximum absolute atomic E-state index is 6.33. The summed E-state index contributed by atoms with van der Waals surface area (Å²) in [4.78, 5) is 4.63. The summed E-state index contributed by atoms with van der Waals surface area (Å²) in [5.74, 6) is 1.28. The van der Waals surface area contributed by atoms with E-state index >= 15 is 0 Å². The molecule has 0 aliphatic heterocycles. The summed E-state index contributed by atoms with van der Waals surface area (Å²) in [5.41, 5.74) is 8.42. The first-order chi connectivity index (χ1) is 9.13. The highest BCUT2D eigenvalue weighted by molar-refractivity contribution is 7.09. The van der Waals surface area contributed by atoms with E-state index in [1.165, 1.54) is 0 Å². The topological polar surface area (TPSA) is 48.1 Å². The first-order valence-corrected chi connectivity index (χ1v) is 7.44. The third kappa shape index (κ3) is 3.14. The SMILES string of the molecule is CCOc1ccccc1C(N)c1nc(C(C)C)cs1. The fraction of sp³-hybridized carbons (Fsp3) is 0.400. The summed E-state index contributed by atoms with van der Waals surface area (Å²) >= 11 is 1.62. The van der Waals surface area contributed by atoms with Gasteiger partial charge in [-0.2, -0.15) is 0 Å². The number of thiazole rings is 1. The van der Waals surface area contributed by atoms with Gasteiger partial charge in [-0.25, -0.2) is 4.98 Å². The number of para-hydroxylation sites is 1. The van der Waals surface area contributed by atoms with Crippen LogP contribution in [0.3, 0.4) is 0 Å². The number of hydrogen-bond acceptors (Lipinski definition) is 4. The van der Waals surface area contributed by atoms with Crippen molar-refractivity contribution in [3.63, 3.8) is 0 Å². The highest BCUT2D eigenvalue weighted by Gasteiger charge is 2.17. The lowest BCUT2D eigenvalue weighted by atomic mass is 10.1. The van der Waals surface area contributed by atoms with Gasteiger partial charge in [0.2, 0.25) is 0 Å². The molecule has 19 heavy (non-hydrogen) atoms. The first kappa shape index (κ1) is 14.0. The highest BCUT2D eigenvalue weighted by atomic mass is 32.1. The number of nitrogens with two attached hydrogens (primary N) is 1. The Morgan fingerprint density at radius 2 is 2.05 bits per heavy atom. The lowest BCUT2D eigenvalue weighted by molar-refractivity contribution is 0.335. The summed E-state index contributed by atoms with van der Waals surface area (Å²) in [6.07, 6.45) is 0. The Morgan fingerprint density at radius 3 is 2.68 bits per heavy atom. The predicted molar refractivity (Wildman–Crippen MR) is 79.8 cm³/mol. The molecular formula is C15H20N2OS. The van der Waals surface area contributed by atoms with Gasteiger partial charge in [0.1, 0.15) is 10.8 Å². The molecule has 0 aliphatic carbocycles. The van der Waals surface area contributed by atoms with Gasteiger partial charge in [-0.05, 0) is 18.9 Å². The van der Waals surface area contributed by atoms with Gasteiger partial charge >= 0.3 is 0 Å². The summed E-state index contributed by atoms with van der Waals surface area (Å²) in [6.45, 7) is 6.89. The van der Waals surface area contributed by atoms with Crippen LogP contribution in [0.2, 0.25) is 0 Å². The summed E-state index contributed by atoms with van der Waals surface area (Å²) < 4.78 is 5.63. The molecule has 0 saturated carbocycles. The molecule has 1 unspecified atom stereocenters. The van der Waals surface area contributed by atoms with E-state index in [0.717, 1.165) is 22.0 Å². The van der Waals surface area contributed by atoms with Gasteiger partial charge in [-0.3, -0.25) is 0 Å². The number of rotatable bonds is 5. The number of hydrogen-bond donors (Lipinski definition) is 1. The molecule has 4 heteroatoms. The number of nitrogens with zero attached hydrogens (tertiary/aromatic N) is 1. The van der Waals surface area contributed by atoms with Crippen molar-refractivity contribution in [2.24, 2.45) is 5.73 Å². The van der Waals surface area contributed by atoms with Gasteiger partial charge in [-0.15, -0.1) is 11.3 Å². The third-order valence-corrected chi connectivity index (χ3v) is 3.90. The van der Waals surface area contributed by atoms with E-state index in [4.69, 9.17) is 10.5 Å². The van der Waals surface area contributed by atoms with E-state index < -0.39 is 0 Å². The molecule has 2 N–H and O–H groups in total. The average molecular weight is 276 g/mol. The number of benzene rings is 1. The van der Waals surface area contributed by atoms with Crippen molar-refractivity contribution in [1.82, 2.24) is 4.98 Å². The van der Waals surface area contributed by atoms with Crippen LogP contribution >= 0.6 is 11.3 Å². The third-order valence-electron chi connectivity index (χ3n) is 2.95. The summed E-state index contributed by atoms with van der Waals surface area (Å²) in [6, 6.07) is 7.68. The molecule has 0 aliphatic rings. The fourth-order valence-electron chi connectivity index (χ4n) is 1.87. The molecule has 1 heterocycles. The molecule has 102 valence electrons. The molecule has 0 spiro atoms. The van der Waals surface area contributed by atoms with Crippen LogP contribution in [-0.4, -0.2) is 11.6 Å². The summed E-state index contributed by atoms with van der Waals surface area (Å²) in [5, 5.41) is 3.03. The van der Waals surface area contributed by atoms with Crippen molar-refractivity contribution < 1.29 is 4.74 Å². The van der Waals surface area contributed by atoms with Crippen LogP contribution in [0.1, 0.15) is 49.0 Å². The molecule has 1 aromatic heterocycles. The van der Waals surface area contributed by atoms with Crippen molar-refractivity contribution in [3.8, 4) is 5.75 Å². The van der Waals surface area contributed by atoms with Crippen LogP contribution < -0.4 is 10.5 Å². The van der Waals surface area contributed by atoms with Gasteiger partial charge in [-0.1, -0.05) is 32.0 Å². The Hall–Kier alpha value is -1.39. The predicted octanol–water partition coefficient (Wildman–Crippen LogP) is 3.71. The Kier molecular flexibility index (Phi) is 4.56. The zero-order chi connectivity index (χ0) is 13.8. The minimum atomic E-state index is -0.222. The van der Waals surface area contributed by atoms with E-state index in [1.807, 2.05) is 31.2 Å². The van der Waals surface area contributed by atoms with Gasteiger partial charge in [0, 0.05) is 10.9 Å². The van der Waals surface area contributed by atoms with Crippen LogP contribution in [0, 0.1) is 0 Å². The molecule has 0 radical (unpaired) electrons. The maximum atomic E-state index is 6.33. The molecule has 1 atom stereocenters. The Balaban J connectivity index is 2.29. The number of ether oxygens (including phenoxy) is 1. The monoisotopic (exact) mass is 276 g/mol. The zero-order valence-corrected chi connectivity index (χ0v) is 12.4.